The Morgan fingerprint density at radius 2 is 2.18 bits per heavy atom. The van der Waals surface area contributed by atoms with Gasteiger partial charge in [0, 0.05) is 15.5 Å². The first-order valence-electron chi connectivity index (χ1n) is 3.01. The third kappa shape index (κ3) is 1.95. The molecule has 11 heavy (non-hydrogen) atoms. The number of anilines is 1. The maximum atomic E-state index is 10.4. The van der Waals surface area contributed by atoms with E-state index in [9.17, 15) is 5.21 Å². The first-order valence-corrected chi connectivity index (χ1v) is 4.92. The van der Waals surface area contributed by atoms with Crippen LogP contribution in [-0.4, -0.2) is 0 Å². The molecule has 1 aromatic rings. The third-order valence-electron chi connectivity index (χ3n) is 1.36. The summed E-state index contributed by atoms with van der Waals surface area (Å²) >= 11 is 6.63. The van der Waals surface area contributed by atoms with E-state index in [1.165, 1.54) is 0 Å². The number of alkyl halides is 1. The van der Waals surface area contributed by atoms with Crippen molar-refractivity contribution in [3.05, 3.63) is 33.4 Å². The highest BCUT2D eigenvalue weighted by atomic mass is 79.9. The zero-order valence-corrected chi connectivity index (χ0v) is 8.78. The molecular weight excluding hydrogens is 274 g/mol. The largest absolute Gasteiger partial charge is 0.761 e. The van der Waals surface area contributed by atoms with E-state index in [0.717, 1.165) is 10.0 Å². The minimum Gasteiger partial charge on any atom is -0.761 e. The average molecular weight is 280 g/mol. The van der Waals surface area contributed by atoms with Crippen molar-refractivity contribution in [3.63, 3.8) is 0 Å². The first kappa shape index (κ1) is 9.03. The SMILES string of the molecule is [O-]Nc1cccc(Br)c1CBr. The van der Waals surface area contributed by atoms with E-state index in [0.29, 0.717) is 11.0 Å². The highest BCUT2D eigenvalue weighted by Crippen LogP contribution is 2.26. The van der Waals surface area contributed by atoms with Gasteiger partial charge in [-0.1, -0.05) is 37.9 Å². The standard InChI is InChI=1S/C7H6Br2NO/c8-4-5-6(9)2-1-3-7(5)10-11/h1-3,10H,4H2/q-1. The molecule has 0 fully saturated rings. The fourth-order valence-electron chi connectivity index (χ4n) is 0.790. The Kier molecular flexibility index (Phi) is 3.36. The van der Waals surface area contributed by atoms with Gasteiger partial charge in [0.2, 0.25) is 0 Å². The summed E-state index contributed by atoms with van der Waals surface area (Å²) in [6.45, 7) is 0. The van der Waals surface area contributed by atoms with E-state index in [-0.39, 0.29) is 0 Å². The second-order valence-corrected chi connectivity index (χ2v) is 3.42. The van der Waals surface area contributed by atoms with Gasteiger partial charge in [-0.15, -0.1) is 0 Å². The summed E-state index contributed by atoms with van der Waals surface area (Å²) in [6.07, 6.45) is 0. The Bertz CT molecular complexity index is 252. The van der Waals surface area contributed by atoms with Crippen molar-refractivity contribution in [1.29, 1.82) is 0 Å². The molecule has 1 rings (SSSR count). The van der Waals surface area contributed by atoms with Gasteiger partial charge in [0.15, 0.2) is 0 Å². The van der Waals surface area contributed by atoms with Crippen LogP contribution < -0.4 is 5.48 Å². The van der Waals surface area contributed by atoms with Gasteiger partial charge in [0.1, 0.15) is 0 Å². The third-order valence-corrected chi connectivity index (χ3v) is 2.67. The van der Waals surface area contributed by atoms with Gasteiger partial charge in [-0.05, 0) is 17.7 Å². The highest BCUT2D eigenvalue weighted by Gasteiger charge is 2.00. The zero-order chi connectivity index (χ0) is 8.27. The van der Waals surface area contributed by atoms with E-state index in [2.05, 4.69) is 31.9 Å². The smallest absolute Gasteiger partial charge is 0.0314 e. The van der Waals surface area contributed by atoms with E-state index in [1.807, 2.05) is 17.6 Å². The van der Waals surface area contributed by atoms with Crippen LogP contribution in [0.4, 0.5) is 5.69 Å². The molecule has 0 aliphatic carbocycles. The summed E-state index contributed by atoms with van der Waals surface area (Å²) in [4.78, 5) is 0. The van der Waals surface area contributed by atoms with Gasteiger partial charge in [0.25, 0.3) is 0 Å². The summed E-state index contributed by atoms with van der Waals surface area (Å²) in [5, 5.41) is 11.0. The van der Waals surface area contributed by atoms with Crippen LogP contribution in [0.15, 0.2) is 22.7 Å². The monoisotopic (exact) mass is 278 g/mol. The van der Waals surface area contributed by atoms with Gasteiger partial charge in [-0.2, -0.15) is 0 Å². The van der Waals surface area contributed by atoms with Gasteiger partial charge < -0.3 is 10.7 Å². The molecule has 60 valence electrons. The second-order valence-electron chi connectivity index (χ2n) is 2.00. The summed E-state index contributed by atoms with van der Waals surface area (Å²) < 4.78 is 0.940. The molecule has 0 aliphatic heterocycles. The molecule has 0 saturated carbocycles. The van der Waals surface area contributed by atoms with Gasteiger partial charge in [-0.3, -0.25) is 0 Å². The van der Waals surface area contributed by atoms with Crippen LogP contribution in [0.1, 0.15) is 5.56 Å². The zero-order valence-electron chi connectivity index (χ0n) is 5.60. The lowest BCUT2D eigenvalue weighted by molar-refractivity contribution is 1.38. The molecule has 0 heterocycles. The minimum absolute atomic E-state index is 0.608. The predicted octanol–water partition coefficient (Wildman–Crippen LogP) is 3.25. The number of rotatable bonds is 2. The van der Waals surface area contributed by atoms with Crippen LogP contribution in [0.5, 0.6) is 0 Å². The van der Waals surface area contributed by atoms with Crippen LogP contribution in [0, 0.1) is 5.21 Å². The molecule has 0 saturated heterocycles. The molecule has 0 radical (unpaired) electrons. The topological polar surface area (TPSA) is 35.1 Å². The van der Waals surface area contributed by atoms with Crippen molar-refractivity contribution in [3.8, 4) is 0 Å². The predicted molar refractivity (Wildman–Crippen MR) is 53.8 cm³/mol. The summed E-state index contributed by atoms with van der Waals surface area (Å²) in [7, 11) is 0. The fourth-order valence-corrected chi connectivity index (χ4v) is 2.28. The summed E-state index contributed by atoms with van der Waals surface area (Å²) in [6, 6.07) is 5.46. The van der Waals surface area contributed by atoms with Crippen LogP contribution in [0.2, 0.25) is 0 Å². The summed E-state index contributed by atoms with van der Waals surface area (Å²) in [5.41, 5.74) is 3.43. The number of hydrogen-bond acceptors (Lipinski definition) is 2. The maximum absolute atomic E-state index is 10.4. The van der Waals surface area contributed by atoms with Gasteiger partial charge in [-0.25, -0.2) is 0 Å². The van der Waals surface area contributed by atoms with Crippen molar-refractivity contribution in [1.82, 2.24) is 0 Å². The Morgan fingerprint density at radius 3 is 2.64 bits per heavy atom. The van der Waals surface area contributed by atoms with E-state index >= 15 is 0 Å². The molecule has 2 nitrogen and oxygen atoms in total. The van der Waals surface area contributed by atoms with E-state index < -0.39 is 0 Å². The highest BCUT2D eigenvalue weighted by molar-refractivity contribution is 9.10. The van der Waals surface area contributed by atoms with Crippen molar-refractivity contribution < 1.29 is 0 Å². The quantitative estimate of drug-likeness (QED) is 0.666. The molecular formula is C7H6Br2NO-. The molecule has 0 unspecified atom stereocenters. The van der Waals surface area contributed by atoms with E-state index in [4.69, 9.17) is 0 Å². The molecule has 4 heteroatoms. The number of hydrogen-bond donors (Lipinski definition) is 1. The molecule has 0 spiro atoms. The Hall–Kier alpha value is -0.0600. The molecule has 0 aliphatic rings. The Balaban J connectivity index is 3.13. The molecule has 0 bridgehead atoms. The molecule has 0 amide bonds. The van der Waals surface area contributed by atoms with Crippen LogP contribution >= 0.6 is 31.9 Å². The van der Waals surface area contributed by atoms with Gasteiger partial charge in [0.05, 0.1) is 0 Å². The average Bonchev–Trinajstić information content (AvgIpc) is 2.04. The van der Waals surface area contributed by atoms with Crippen molar-refractivity contribution in [2.45, 2.75) is 5.33 Å². The lowest BCUT2D eigenvalue weighted by Crippen LogP contribution is -1.91. The van der Waals surface area contributed by atoms with Crippen molar-refractivity contribution >= 4 is 37.5 Å². The number of benzene rings is 1. The maximum Gasteiger partial charge on any atom is 0.0314 e. The molecule has 0 aromatic heterocycles. The van der Waals surface area contributed by atoms with Crippen LogP contribution in [0.3, 0.4) is 0 Å². The lowest BCUT2D eigenvalue weighted by atomic mass is 10.2. The molecule has 1 N–H and O–H groups in total. The van der Waals surface area contributed by atoms with Crippen molar-refractivity contribution in [2.24, 2.45) is 0 Å². The van der Waals surface area contributed by atoms with Crippen LogP contribution in [0.25, 0.3) is 0 Å². The second kappa shape index (κ2) is 4.09. The number of halogens is 2. The summed E-state index contributed by atoms with van der Waals surface area (Å²) in [5.74, 6) is 0. The lowest BCUT2D eigenvalue weighted by Gasteiger charge is -2.14. The van der Waals surface area contributed by atoms with Crippen molar-refractivity contribution in [2.75, 3.05) is 5.48 Å². The minimum atomic E-state index is 0.608. The molecule has 1 aromatic carbocycles. The first-order chi connectivity index (χ1) is 5.29. The number of nitrogens with one attached hydrogen (secondary N) is 1. The van der Waals surface area contributed by atoms with E-state index in [1.54, 1.807) is 6.07 Å². The Labute approximate surface area is 81.8 Å². The molecule has 0 atom stereocenters. The fraction of sp³-hybridized carbons (Fsp3) is 0.143. The van der Waals surface area contributed by atoms with Gasteiger partial charge >= 0.3 is 0 Å². The Morgan fingerprint density at radius 1 is 1.45 bits per heavy atom. The van der Waals surface area contributed by atoms with Crippen LogP contribution in [-0.2, 0) is 5.33 Å². The normalized spacial score (nSPS) is 9.73.